The molecule has 9 heteroatoms. The lowest BCUT2D eigenvalue weighted by molar-refractivity contribution is 0.490. The van der Waals surface area contributed by atoms with Crippen LogP contribution in [0.5, 0.6) is 0 Å². The van der Waals surface area contributed by atoms with E-state index >= 15 is 0 Å². The first-order valence-electron chi connectivity index (χ1n) is 10.9. The normalized spacial score (nSPS) is 14.5. The largest absolute Gasteiger partial charge is 0.342 e. The van der Waals surface area contributed by atoms with E-state index in [-0.39, 0.29) is 11.6 Å². The van der Waals surface area contributed by atoms with Crippen molar-refractivity contribution < 1.29 is 0 Å². The Morgan fingerprint density at radius 3 is 2.55 bits per heavy atom. The molecule has 0 unspecified atom stereocenters. The summed E-state index contributed by atoms with van der Waals surface area (Å²) in [5, 5.41) is 14.4. The molecule has 3 aromatic heterocycles. The van der Waals surface area contributed by atoms with Crippen molar-refractivity contribution in [1.82, 2.24) is 24.3 Å². The summed E-state index contributed by atoms with van der Waals surface area (Å²) in [5.74, 6) is 0.616. The summed E-state index contributed by atoms with van der Waals surface area (Å²) in [6, 6.07) is 11.4. The second-order valence-electron chi connectivity index (χ2n) is 8.45. The van der Waals surface area contributed by atoms with Gasteiger partial charge >= 0.3 is 0 Å². The van der Waals surface area contributed by atoms with Gasteiger partial charge in [0.15, 0.2) is 5.65 Å². The Kier molecular flexibility index (Phi) is 5.15. The van der Waals surface area contributed by atoms with E-state index in [2.05, 4.69) is 21.1 Å². The van der Waals surface area contributed by atoms with Gasteiger partial charge in [0.1, 0.15) is 0 Å². The molecule has 0 bridgehead atoms. The summed E-state index contributed by atoms with van der Waals surface area (Å²) < 4.78 is 3.30. The van der Waals surface area contributed by atoms with Crippen LogP contribution in [-0.4, -0.2) is 43.4 Å². The van der Waals surface area contributed by atoms with Crippen LogP contribution in [-0.2, 0) is 14.1 Å². The van der Waals surface area contributed by atoms with Gasteiger partial charge < -0.3 is 10.6 Å². The van der Waals surface area contributed by atoms with Gasteiger partial charge in [0.2, 0.25) is 5.95 Å². The summed E-state index contributed by atoms with van der Waals surface area (Å²) in [7, 11) is 3.59. The van der Waals surface area contributed by atoms with E-state index in [1.54, 1.807) is 34.6 Å². The maximum absolute atomic E-state index is 13.7. The van der Waals surface area contributed by atoms with Crippen LogP contribution in [0, 0.1) is 11.3 Å². The van der Waals surface area contributed by atoms with Crippen molar-refractivity contribution in [2.24, 2.45) is 19.8 Å². The van der Waals surface area contributed by atoms with Gasteiger partial charge in [0.05, 0.1) is 22.9 Å². The molecule has 1 fully saturated rings. The highest BCUT2D eigenvalue weighted by atomic mass is 16.1. The zero-order valence-electron chi connectivity index (χ0n) is 18.6. The molecule has 5 rings (SSSR count). The lowest BCUT2D eigenvalue weighted by Crippen LogP contribution is -2.42. The number of benzene rings is 1. The van der Waals surface area contributed by atoms with Gasteiger partial charge in [-0.3, -0.25) is 14.0 Å². The Hall–Kier alpha value is -4.03. The van der Waals surface area contributed by atoms with Crippen LogP contribution >= 0.6 is 0 Å². The number of aryl methyl sites for hydroxylation is 1. The minimum atomic E-state index is -0.153. The molecular formula is C24H24N8O. The zero-order chi connectivity index (χ0) is 23.1. The first-order chi connectivity index (χ1) is 15.9. The molecule has 1 aliphatic heterocycles. The highest BCUT2D eigenvalue weighted by molar-refractivity contribution is 5.86. The minimum absolute atomic E-state index is 0.153. The number of nitriles is 1. The summed E-state index contributed by atoms with van der Waals surface area (Å²) in [6.45, 7) is 1.49. The summed E-state index contributed by atoms with van der Waals surface area (Å²) in [4.78, 5) is 25.3. The van der Waals surface area contributed by atoms with Gasteiger partial charge in [0.25, 0.3) is 5.56 Å². The van der Waals surface area contributed by atoms with Gasteiger partial charge in [-0.25, -0.2) is 9.97 Å². The Morgan fingerprint density at radius 2 is 1.85 bits per heavy atom. The number of nitrogens with zero attached hydrogens (tertiary/aromatic N) is 7. The van der Waals surface area contributed by atoms with Crippen LogP contribution in [0.1, 0.15) is 18.4 Å². The second kappa shape index (κ2) is 8.15. The predicted octanol–water partition coefficient (Wildman–Crippen LogP) is 2.20. The highest BCUT2D eigenvalue weighted by Crippen LogP contribution is 2.31. The van der Waals surface area contributed by atoms with Crippen molar-refractivity contribution in [2.75, 3.05) is 18.0 Å². The fourth-order valence-electron chi connectivity index (χ4n) is 4.31. The van der Waals surface area contributed by atoms with E-state index in [4.69, 9.17) is 10.7 Å². The van der Waals surface area contributed by atoms with Crippen molar-refractivity contribution in [1.29, 1.82) is 5.26 Å². The van der Waals surface area contributed by atoms with Crippen molar-refractivity contribution >= 4 is 17.0 Å². The molecule has 4 heterocycles. The molecule has 0 spiro atoms. The molecule has 4 aromatic rings. The van der Waals surface area contributed by atoms with E-state index in [9.17, 15) is 10.1 Å². The average molecular weight is 441 g/mol. The maximum atomic E-state index is 13.7. The molecule has 9 nitrogen and oxygen atoms in total. The third-order valence-corrected chi connectivity index (χ3v) is 6.14. The van der Waals surface area contributed by atoms with Crippen LogP contribution < -0.4 is 16.2 Å². The number of anilines is 1. The predicted molar refractivity (Wildman–Crippen MR) is 127 cm³/mol. The molecular weight excluding hydrogens is 416 g/mol. The Balaban J connectivity index is 1.73. The van der Waals surface area contributed by atoms with E-state index in [0.717, 1.165) is 36.9 Å². The lowest BCUT2D eigenvalue weighted by Gasteiger charge is -2.32. The molecule has 0 atom stereocenters. The third kappa shape index (κ3) is 3.75. The minimum Gasteiger partial charge on any atom is -0.342 e. The standard InChI is InChI=1S/C24H24N8O/c1-30-14-18-11-17(13-27-22(18)29-30)20-21(16-5-3-15(12-25)4-6-16)28-24(31(2)23(20)33)32-9-7-19(26)8-10-32/h3-6,11,13-14,19H,7-10,26H2,1-2H3. The Morgan fingerprint density at radius 1 is 1.12 bits per heavy atom. The topological polar surface area (TPSA) is 119 Å². The van der Waals surface area contributed by atoms with Crippen molar-refractivity contribution in [3.8, 4) is 28.5 Å². The fraction of sp³-hybridized carbons (Fsp3) is 0.292. The zero-order valence-corrected chi connectivity index (χ0v) is 18.6. The van der Waals surface area contributed by atoms with Crippen LogP contribution in [0.2, 0.25) is 0 Å². The number of aromatic nitrogens is 5. The maximum Gasteiger partial charge on any atom is 0.263 e. The van der Waals surface area contributed by atoms with E-state index in [1.807, 2.05) is 31.4 Å². The smallest absolute Gasteiger partial charge is 0.263 e. The van der Waals surface area contributed by atoms with Gasteiger partial charge in [-0.15, -0.1) is 0 Å². The number of rotatable bonds is 3. The Labute approximate surface area is 190 Å². The average Bonchev–Trinajstić information content (AvgIpc) is 3.20. The first-order valence-corrected chi connectivity index (χ1v) is 10.9. The quantitative estimate of drug-likeness (QED) is 0.519. The van der Waals surface area contributed by atoms with E-state index < -0.39 is 0 Å². The molecule has 0 saturated carbocycles. The molecule has 0 amide bonds. The SMILES string of the molecule is Cn1cc2cc(-c3c(-c4ccc(C#N)cc4)nc(N4CCC(N)CC4)n(C)c3=O)cnc2n1. The van der Waals surface area contributed by atoms with Crippen molar-refractivity contribution in [3.05, 3.63) is 58.6 Å². The highest BCUT2D eigenvalue weighted by Gasteiger charge is 2.24. The molecule has 1 saturated heterocycles. The van der Waals surface area contributed by atoms with Gasteiger partial charge in [-0.05, 0) is 31.0 Å². The van der Waals surface area contributed by atoms with Crippen LogP contribution in [0.3, 0.4) is 0 Å². The molecule has 0 radical (unpaired) electrons. The number of nitrogens with two attached hydrogens (primary N) is 1. The third-order valence-electron chi connectivity index (χ3n) is 6.14. The van der Waals surface area contributed by atoms with Crippen LogP contribution in [0.25, 0.3) is 33.4 Å². The molecule has 2 N–H and O–H groups in total. The molecule has 166 valence electrons. The number of pyridine rings is 1. The number of hydrogen-bond acceptors (Lipinski definition) is 7. The first kappa shape index (κ1) is 20.8. The van der Waals surface area contributed by atoms with Gasteiger partial charge in [0, 0.05) is 62.1 Å². The van der Waals surface area contributed by atoms with E-state index in [1.165, 1.54) is 0 Å². The summed E-state index contributed by atoms with van der Waals surface area (Å²) in [6.07, 6.45) is 5.24. The van der Waals surface area contributed by atoms with Crippen LogP contribution in [0.15, 0.2) is 47.5 Å². The monoisotopic (exact) mass is 440 g/mol. The van der Waals surface area contributed by atoms with Crippen molar-refractivity contribution in [3.63, 3.8) is 0 Å². The number of piperidine rings is 1. The van der Waals surface area contributed by atoms with Gasteiger partial charge in [-0.2, -0.15) is 10.4 Å². The Bertz CT molecular complexity index is 1440. The second-order valence-corrected chi connectivity index (χ2v) is 8.45. The molecule has 33 heavy (non-hydrogen) atoms. The lowest BCUT2D eigenvalue weighted by atomic mass is 10.00. The number of hydrogen-bond donors (Lipinski definition) is 1. The summed E-state index contributed by atoms with van der Waals surface area (Å²) in [5.41, 5.74) is 9.58. The fourth-order valence-corrected chi connectivity index (χ4v) is 4.31. The van der Waals surface area contributed by atoms with Crippen molar-refractivity contribution in [2.45, 2.75) is 18.9 Å². The van der Waals surface area contributed by atoms with Gasteiger partial charge in [-0.1, -0.05) is 12.1 Å². The molecule has 1 aromatic carbocycles. The molecule has 0 aliphatic carbocycles. The van der Waals surface area contributed by atoms with Crippen LogP contribution in [0.4, 0.5) is 5.95 Å². The number of fused-ring (bicyclic) bond motifs is 1. The van der Waals surface area contributed by atoms with E-state index in [0.29, 0.717) is 34.0 Å². The molecule has 1 aliphatic rings. The summed E-state index contributed by atoms with van der Waals surface area (Å²) >= 11 is 0.